The van der Waals surface area contributed by atoms with Crippen molar-refractivity contribution in [2.45, 2.75) is 31.4 Å². The van der Waals surface area contributed by atoms with Gasteiger partial charge < -0.3 is 5.73 Å². The molecule has 0 aromatic heterocycles. The van der Waals surface area contributed by atoms with E-state index in [1.165, 1.54) is 25.3 Å². The third kappa shape index (κ3) is 4.54. The standard InChI is InChI=1S/C13H20FNS/c1-2-3-4-8-16-13(10-15)11-6-5-7-12(14)9-11/h5-7,9,13H,2-4,8,10,15H2,1H3. The third-order valence-corrected chi connectivity index (χ3v) is 3.89. The lowest BCUT2D eigenvalue weighted by Gasteiger charge is -2.14. The average molecular weight is 241 g/mol. The van der Waals surface area contributed by atoms with E-state index in [1.807, 2.05) is 17.8 Å². The molecular weight excluding hydrogens is 221 g/mol. The van der Waals surface area contributed by atoms with Gasteiger partial charge in [0.2, 0.25) is 0 Å². The lowest BCUT2D eigenvalue weighted by Crippen LogP contribution is -2.10. The van der Waals surface area contributed by atoms with Crippen molar-refractivity contribution in [3.05, 3.63) is 35.6 Å². The molecular formula is C13H20FNS. The molecule has 0 heterocycles. The number of nitrogens with two attached hydrogens (primary N) is 1. The quantitative estimate of drug-likeness (QED) is 0.736. The summed E-state index contributed by atoms with van der Waals surface area (Å²) in [4.78, 5) is 0. The maximum Gasteiger partial charge on any atom is 0.123 e. The van der Waals surface area contributed by atoms with Crippen molar-refractivity contribution >= 4 is 11.8 Å². The summed E-state index contributed by atoms with van der Waals surface area (Å²) >= 11 is 1.83. The predicted molar refractivity (Wildman–Crippen MR) is 70.2 cm³/mol. The van der Waals surface area contributed by atoms with E-state index >= 15 is 0 Å². The van der Waals surface area contributed by atoms with Gasteiger partial charge in [-0.15, -0.1) is 0 Å². The molecule has 0 saturated carbocycles. The number of hydrogen-bond acceptors (Lipinski definition) is 2. The molecule has 1 nitrogen and oxygen atoms in total. The summed E-state index contributed by atoms with van der Waals surface area (Å²) in [7, 11) is 0. The Labute approximate surface area is 102 Å². The van der Waals surface area contributed by atoms with E-state index in [2.05, 4.69) is 6.92 Å². The highest BCUT2D eigenvalue weighted by atomic mass is 32.2. The summed E-state index contributed by atoms with van der Waals surface area (Å²) in [6.07, 6.45) is 3.70. The average Bonchev–Trinajstić information content (AvgIpc) is 2.29. The van der Waals surface area contributed by atoms with Gasteiger partial charge in [0.05, 0.1) is 0 Å². The van der Waals surface area contributed by atoms with Crippen molar-refractivity contribution in [2.24, 2.45) is 5.73 Å². The van der Waals surface area contributed by atoms with Gasteiger partial charge in [-0.25, -0.2) is 4.39 Å². The van der Waals surface area contributed by atoms with Crippen LogP contribution in [0.4, 0.5) is 4.39 Å². The van der Waals surface area contributed by atoms with Crippen LogP contribution in [0.2, 0.25) is 0 Å². The van der Waals surface area contributed by atoms with E-state index in [4.69, 9.17) is 5.73 Å². The monoisotopic (exact) mass is 241 g/mol. The summed E-state index contributed by atoms with van der Waals surface area (Å²) in [5.74, 6) is 0.928. The van der Waals surface area contributed by atoms with Gasteiger partial charge in [0.1, 0.15) is 5.82 Å². The van der Waals surface area contributed by atoms with Crippen molar-refractivity contribution in [2.75, 3.05) is 12.3 Å². The molecule has 90 valence electrons. The number of thioether (sulfide) groups is 1. The van der Waals surface area contributed by atoms with Crippen LogP contribution in [-0.2, 0) is 0 Å². The van der Waals surface area contributed by atoms with Crippen LogP contribution in [0.25, 0.3) is 0 Å². The molecule has 1 unspecified atom stereocenters. The van der Waals surface area contributed by atoms with Crippen LogP contribution in [-0.4, -0.2) is 12.3 Å². The van der Waals surface area contributed by atoms with Gasteiger partial charge in [-0.3, -0.25) is 0 Å². The Bertz CT molecular complexity index is 304. The molecule has 0 saturated heterocycles. The molecule has 1 atom stereocenters. The summed E-state index contributed by atoms with van der Waals surface area (Å²) in [5, 5.41) is 0.229. The SMILES string of the molecule is CCCCCSC(CN)c1cccc(F)c1. The van der Waals surface area contributed by atoms with E-state index in [0.29, 0.717) is 6.54 Å². The molecule has 1 aromatic carbocycles. The minimum absolute atomic E-state index is 0.176. The van der Waals surface area contributed by atoms with Crippen LogP contribution in [0.5, 0.6) is 0 Å². The second-order valence-electron chi connectivity index (χ2n) is 3.86. The Hall–Kier alpha value is -0.540. The molecule has 0 aliphatic rings. The van der Waals surface area contributed by atoms with E-state index in [-0.39, 0.29) is 11.1 Å². The maximum atomic E-state index is 13.1. The molecule has 0 bridgehead atoms. The summed E-state index contributed by atoms with van der Waals surface area (Å²) in [5.41, 5.74) is 6.73. The Morgan fingerprint density at radius 1 is 1.38 bits per heavy atom. The number of halogens is 1. The molecule has 2 N–H and O–H groups in total. The first-order chi connectivity index (χ1) is 7.77. The van der Waals surface area contributed by atoms with Crippen LogP contribution < -0.4 is 5.73 Å². The second-order valence-corrected chi connectivity index (χ2v) is 5.17. The Balaban J connectivity index is 2.47. The number of unbranched alkanes of at least 4 members (excludes halogenated alkanes) is 2. The topological polar surface area (TPSA) is 26.0 Å². The maximum absolute atomic E-state index is 13.1. The molecule has 0 fully saturated rings. The molecule has 16 heavy (non-hydrogen) atoms. The summed E-state index contributed by atoms with van der Waals surface area (Å²) in [6.45, 7) is 2.76. The zero-order chi connectivity index (χ0) is 11.8. The van der Waals surface area contributed by atoms with Gasteiger partial charge in [0, 0.05) is 11.8 Å². The van der Waals surface area contributed by atoms with Crippen LogP contribution in [0.3, 0.4) is 0 Å². The third-order valence-electron chi connectivity index (χ3n) is 2.50. The molecule has 0 aliphatic heterocycles. The van der Waals surface area contributed by atoms with Crippen molar-refractivity contribution < 1.29 is 4.39 Å². The van der Waals surface area contributed by atoms with Gasteiger partial charge >= 0.3 is 0 Å². The zero-order valence-electron chi connectivity index (χ0n) is 9.79. The van der Waals surface area contributed by atoms with Crippen molar-refractivity contribution in [3.63, 3.8) is 0 Å². The number of benzene rings is 1. The second kappa shape index (κ2) is 7.69. The summed E-state index contributed by atoms with van der Waals surface area (Å²) in [6, 6.07) is 6.76. The molecule has 0 spiro atoms. The Morgan fingerprint density at radius 3 is 2.81 bits per heavy atom. The van der Waals surface area contributed by atoms with Crippen molar-refractivity contribution in [1.29, 1.82) is 0 Å². The zero-order valence-corrected chi connectivity index (χ0v) is 10.6. The molecule has 3 heteroatoms. The van der Waals surface area contributed by atoms with Gasteiger partial charge in [-0.05, 0) is 29.9 Å². The molecule has 0 aliphatic carbocycles. The van der Waals surface area contributed by atoms with E-state index in [0.717, 1.165) is 11.3 Å². The number of hydrogen-bond donors (Lipinski definition) is 1. The largest absolute Gasteiger partial charge is 0.329 e. The van der Waals surface area contributed by atoms with Crippen LogP contribution in [0.1, 0.15) is 37.0 Å². The van der Waals surface area contributed by atoms with Crippen LogP contribution in [0, 0.1) is 5.82 Å². The first kappa shape index (κ1) is 13.5. The lowest BCUT2D eigenvalue weighted by atomic mass is 10.1. The molecule has 1 rings (SSSR count). The van der Waals surface area contributed by atoms with Gasteiger partial charge in [-0.2, -0.15) is 11.8 Å². The fraction of sp³-hybridized carbons (Fsp3) is 0.538. The number of rotatable bonds is 7. The summed E-state index contributed by atoms with van der Waals surface area (Å²) < 4.78 is 13.1. The minimum atomic E-state index is -0.176. The minimum Gasteiger partial charge on any atom is -0.329 e. The lowest BCUT2D eigenvalue weighted by molar-refractivity contribution is 0.625. The van der Waals surface area contributed by atoms with Crippen molar-refractivity contribution in [3.8, 4) is 0 Å². The van der Waals surface area contributed by atoms with Gasteiger partial charge in [0.25, 0.3) is 0 Å². The van der Waals surface area contributed by atoms with Gasteiger partial charge in [-0.1, -0.05) is 31.9 Å². The Kier molecular flexibility index (Phi) is 6.50. The highest BCUT2D eigenvalue weighted by molar-refractivity contribution is 7.99. The van der Waals surface area contributed by atoms with Crippen LogP contribution in [0.15, 0.2) is 24.3 Å². The van der Waals surface area contributed by atoms with E-state index < -0.39 is 0 Å². The predicted octanol–water partition coefficient (Wildman–Crippen LogP) is 3.75. The Morgan fingerprint density at radius 2 is 2.19 bits per heavy atom. The van der Waals surface area contributed by atoms with Crippen molar-refractivity contribution in [1.82, 2.24) is 0 Å². The van der Waals surface area contributed by atoms with E-state index in [1.54, 1.807) is 12.1 Å². The first-order valence-corrected chi connectivity index (χ1v) is 6.90. The molecule has 0 amide bonds. The highest BCUT2D eigenvalue weighted by Gasteiger charge is 2.10. The fourth-order valence-electron chi connectivity index (χ4n) is 1.58. The van der Waals surface area contributed by atoms with Gasteiger partial charge in [0.15, 0.2) is 0 Å². The normalized spacial score (nSPS) is 12.7. The van der Waals surface area contributed by atoms with E-state index in [9.17, 15) is 4.39 Å². The molecule has 0 radical (unpaired) electrons. The smallest absolute Gasteiger partial charge is 0.123 e. The highest BCUT2D eigenvalue weighted by Crippen LogP contribution is 2.28. The fourth-order valence-corrected chi connectivity index (χ4v) is 2.72. The first-order valence-electron chi connectivity index (χ1n) is 5.85. The van der Waals surface area contributed by atoms with Crippen LogP contribution >= 0.6 is 11.8 Å². The molecule has 1 aromatic rings.